The van der Waals surface area contributed by atoms with Crippen LogP contribution in [0.5, 0.6) is 0 Å². The zero-order chi connectivity index (χ0) is 19.0. The predicted molar refractivity (Wildman–Crippen MR) is 102 cm³/mol. The molecule has 2 aromatic carbocycles. The molecule has 0 N–H and O–H groups in total. The molecule has 0 bridgehead atoms. The Balaban J connectivity index is 1.42. The van der Waals surface area contributed by atoms with E-state index >= 15 is 0 Å². The maximum atomic E-state index is 13.0. The van der Waals surface area contributed by atoms with Gasteiger partial charge < -0.3 is 14.2 Å². The molecule has 27 heavy (non-hydrogen) atoms. The second-order valence-electron chi connectivity index (χ2n) is 6.38. The van der Waals surface area contributed by atoms with Gasteiger partial charge in [0.05, 0.1) is 0 Å². The molecule has 0 unspecified atom stereocenters. The quantitative estimate of drug-likeness (QED) is 0.618. The second kappa shape index (κ2) is 7.15. The highest BCUT2D eigenvalue weighted by molar-refractivity contribution is 9.10. The Hall–Kier alpha value is -2.67. The van der Waals surface area contributed by atoms with E-state index in [0.717, 1.165) is 9.86 Å². The normalized spacial score (nSPS) is 14.6. The minimum absolute atomic E-state index is 0.157. The van der Waals surface area contributed by atoms with E-state index in [1.165, 1.54) is 24.3 Å². The number of fused-ring (bicyclic) bond motifs is 1. The molecule has 0 atom stereocenters. The van der Waals surface area contributed by atoms with Gasteiger partial charge in [0.1, 0.15) is 11.4 Å². The van der Waals surface area contributed by atoms with Gasteiger partial charge in [-0.25, -0.2) is 4.39 Å². The van der Waals surface area contributed by atoms with E-state index in [1.54, 1.807) is 15.9 Å². The van der Waals surface area contributed by atoms with Crippen LogP contribution in [0.4, 0.5) is 4.39 Å². The Labute approximate surface area is 163 Å². The average molecular weight is 431 g/mol. The number of furan rings is 1. The highest BCUT2D eigenvalue weighted by atomic mass is 79.9. The van der Waals surface area contributed by atoms with Crippen molar-refractivity contribution in [3.63, 3.8) is 0 Å². The SMILES string of the molecule is O=C(c1ccc(F)cc1)N1CCN(C(=O)c2cc3cc(Br)ccc3o2)CC1. The Morgan fingerprint density at radius 1 is 0.889 bits per heavy atom. The number of benzene rings is 2. The summed E-state index contributed by atoms with van der Waals surface area (Å²) in [4.78, 5) is 28.6. The molecule has 2 heterocycles. The molecule has 0 spiro atoms. The number of nitrogens with zero attached hydrogens (tertiary/aromatic N) is 2. The van der Waals surface area contributed by atoms with Gasteiger partial charge in [0.25, 0.3) is 11.8 Å². The molecule has 3 aromatic rings. The van der Waals surface area contributed by atoms with Gasteiger partial charge in [0.15, 0.2) is 5.76 Å². The lowest BCUT2D eigenvalue weighted by molar-refractivity contribution is 0.0519. The van der Waals surface area contributed by atoms with Gasteiger partial charge in [0.2, 0.25) is 0 Å². The molecule has 4 rings (SSSR count). The summed E-state index contributed by atoms with van der Waals surface area (Å²) in [5.74, 6) is -0.423. The Bertz CT molecular complexity index is 1010. The largest absolute Gasteiger partial charge is 0.451 e. The molecule has 5 nitrogen and oxygen atoms in total. The number of hydrogen-bond donors (Lipinski definition) is 0. The fourth-order valence-corrected chi connectivity index (χ4v) is 3.54. The van der Waals surface area contributed by atoms with Crippen LogP contribution in [-0.2, 0) is 0 Å². The number of hydrogen-bond acceptors (Lipinski definition) is 3. The van der Waals surface area contributed by atoms with Gasteiger partial charge in [-0.15, -0.1) is 0 Å². The van der Waals surface area contributed by atoms with Gasteiger partial charge in [-0.3, -0.25) is 9.59 Å². The molecule has 7 heteroatoms. The number of amides is 2. The summed E-state index contributed by atoms with van der Waals surface area (Å²) in [7, 11) is 0. The molecule has 138 valence electrons. The van der Waals surface area contributed by atoms with Crippen LogP contribution in [0.3, 0.4) is 0 Å². The third kappa shape index (κ3) is 3.60. The van der Waals surface area contributed by atoms with Gasteiger partial charge >= 0.3 is 0 Å². The Kier molecular flexibility index (Phi) is 4.70. The van der Waals surface area contributed by atoms with Crippen LogP contribution in [0.15, 0.2) is 57.4 Å². The smallest absolute Gasteiger partial charge is 0.289 e. The number of carbonyl (C=O) groups excluding carboxylic acids is 2. The van der Waals surface area contributed by atoms with E-state index in [0.29, 0.717) is 43.1 Å². The van der Waals surface area contributed by atoms with Crippen LogP contribution in [0.1, 0.15) is 20.9 Å². The van der Waals surface area contributed by atoms with Crippen LogP contribution in [0.25, 0.3) is 11.0 Å². The van der Waals surface area contributed by atoms with E-state index in [9.17, 15) is 14.0 Å². The first-order valence-electron chi connectivity index (χ1n) is 8.54. The molecule has 1 aromatic heterocycles. The molecule has 0 radical (unpaired) electrons. The van der Waals surface area contributed by atoms with Crippen molar-refractivity contribution in [2.24, 2.45) is 0 Å². The molecule has 2 amide bonds. The zero-order valence-corrected chi connectivity index (χ0v) is 15.9. The number of piperazine rings is 1. The van der Waals surface area contributed by atoms with Crippen LogP contribution < -0.4 is 0 Å². The highest BCUT2D eigenvalue weighted by Crippen LogP contribution is 2.24. The van der Waals surface area contributed by atoms with Gasteiger partial charge in [-0.1, -0.05) is 15.9 Å². The zero-order valence-electron chi connectivity index (χ0n) is 14.3. The van der Waals surface area contributed by atoms with E-state index in [2.05, 4.69) is 15.9 Å². The average Bonchev–Trinajstić information content (AvgIpc) is 3.11. The molecule has 1 saturated heterocycles. The molecule has 0 saturated carbocycles. The fraction of sp³-hybridized carbons (Fsp3) is 0.200. The lowest BCUT2D eigenvalue weighted by Gasteiger charge is -2.34. The van der Waals surface area contributed by atoms with Crippen LogP contribution in [0, 0.1) is 5.82 Å². The van der Waals surface area contributed by atoms with Crippen molar-refractivity contribution in [3.05, 3.63) is 70.1 Å². The van der Waals surface area contributed by atoms with Crippen molar-refractivity contribution in [1.82, 2.24) is 9.80 Å². The third-order valence-electron chi connectivity index (χ3n) is 4.63. The van der Waals surface area contributed by atoms with Crippen molar-refractivity contribution < 1.29 is 18.4 Å². The van der Waals surface area contributed by atoms with Gasteiger partial charge in [0, 0.05) is 41.6 Å². The summed E-state index contributed by atoms with van der Waals surface area (Å²) in [5, 5.41) is 0.859. The van der Waals surface area contributed by atoms with Crippen molar-refractivity contribution in [2.45, 2.75) is 0 Å². The van der Waals surface area contributed by atoms with Crippen molar-refractivity contribution in [1.29, 1.82) is 0 Å². The van der Waals surface area contributed by atoms with Crippen LogP contribution in [-0.4, -0.2) is 47.8 Å². The lowest BCUT2D eigenvalue weighted by Crippen LogP contribution is -2.50. The maximum Gasteiger partial charge on any atom is 0.289 e. The maximum absolute atomic E-state index is 13.0. The summed E-state index contributed by atoms with van der Waals surface area (Å²) in [6.45, 7) is 1.69. The minimum Gasteiger partial charge on any atom is -0.451 e. The Morgan fingerprint density at radius 2 is 1.52 bits per heavy atom. The van der Waals surface area contributed by atoms with E-state index in [-0.39, 0.29) is 17.6 Å². The molecule has 1 aliphatic heterocycles. The van der Waals surface area contributed by atoms with E-state index in [1.807, 2.05) is 18.2 Å². The molecule has 1 fully saturated rings. The van der Waals surface area contributed by atoms with Crippen molar-refractivity contribution in [3.8, 4) is 0 Å². The summed E-state index contributed by atoms with van der Waals surface area (Å²) >= 11 is 3.40. The monoisotopic (exact) mass is 430 g/mol. The molecular weight excluding hydrogens is 415 g/mol. The summed E-state index contributed by atoms with van der Waals surface area (Å²) in [5.41, 5.74) is 1.10. The van der Waals surface area contributed by atoms with E-state index in [4.69, 9.17) is 4.42 Å². The molecule has 0 aliphatic carbocycles. The highest BCUT2D eigenvalue weighted by Gasteiger charge is 2.27. The fourth-order valence-electron chi connectivity index (χ4n) is 3.16. The predicted octanol–water partition coefficient (Wildman–Crippen LogP) is 3.93. The van der Waals surface area contributed by atoms with E-state index < -0.39 is 0 Å². The summed E-state index contributed by atoms with van der Waals surface area (Å²) < 4.78 is 19.6. The summed E-state index contributed by atoms with van der Waals surface area (Å²) in [6, 6.07) is 12.8. The molecular formula is C20H16BrFN2O3. The topological polar surface area (TPSA) is 53.8 Å². The summed E-state index contributed by atoms with van der Waals surface area (Å²) in [6.07, 6.45) is 0. The number of carbonyl (C=O) groups is 2. The van der Waals surface area contributed by atoms with Gasteiger partial charge in [-0.2, -0.15) is 0 Å². The number of rotatable bonds is 2. The van der Waals surface area contributed by atoms with Crippen LogP contribution in [0.2, 0.25) is 0 Å². The second-order valence-corrected chi connectivity index (χ2v) is 7.30. The van der Waals surface area contributed by atoms with Crippen molar-refractivity contribution >= 4 is 38.7 Å². The Morgan fingerprint density at radius 3 is 2.19 bits per heavy atom. The van der Waals surface area contributed by atoms with Crippen LogP contribution >= 0.6 is 15.9 Å². The first-order chi connectivity index (χ1) is 13.0. The third-order valence-corrected chi connectivity index (χ3v) is 5.13. The van der Waals surface area contributed by atoms with Gasteiger partial charge in [-0.05, 0) is 48.5 Å². The number of halogens is 2. The first kappa shape index (κ1) is 17.7. The lowest BCUT2D eigenvalue weighted by atomic mass is 10.1. The van der Waals surface area contributed by atoms with Crippen molar-refractivity contribution in [2.75, 3.05) is 26.2 Å². The minimum atomic E-state index is -0.375. The standard InChI is InChI=1S/C20H16BrFN2O3/c21-15-3-6-17-14(11-15)12-18(27-17)20(26)24-9-7-23(8-10-24)19(25)13-1-4-16(22)5-2-13/h1-6,11-12H,7-10H2. The first-order valence-corrected chi connectivity index (χ1v) is 9.34. The molecule has 1 aliphatic rings.